The minimum Gasteiger partial charge on any atom is -0.478 e. The number of aliphatic carboxylic acids is 1. The number of hydrogen-bond acceptors (Lipinski definition) is 4. The number of carboxylic acids is 1. The highest BCUT2D eigenvalue weighted by Crippen LogP contribution is 2.08. The van der Waals surface area contributed by atoms with Gasteiger partial charge in [0.05, 0.1) is 11.9 Å². The molecule has 0 aliphatic rings. The summed E-state index contributed by atoms with van der Waals surface area (Å²) in [7, 11) is 0. The first-order valence-corrected chi connectivity index (χ1v) is 5.85. The molecule has 21 heavy (non-hydrogen) atoms. The molecule has 0 aliphatic carbocycles. The summed E-state index contributed by atoms with van der Waals surface area (Å²) in [6, 6.07) is 7.12. The van der Waals surface area contributed by atoms with Crippen molar-refractivity contribution in [1.29, 1.82) is 0 Å². The van der Waals surface area contributed by atoms with Crippen LogP contribution >= 0.6 is 0 Å². The number of carbonyl (C=O) groups is 2. The summed E-state index contributed by atoms with van der Waals surface area (Å²) >= 11 is 0. The van der Waals surface area contributed by atoms with Crippen LogP contribution in [0.2, 0.25) is 0 Å². The number of pyridine rings is 2. The molecular weight excluding hydrogens is 277 g/mol. The molecule has 6 nitrogen and oxygen atoms in total. The van der Waals surface area contributed by atoms with E-state index < -0.39 is 17.7 Å². The van der Waals surface area contributed by atoms with E-state index in [2.05, 4.69) is 15.3 Å². The van der Waals surface area contributed by atoms with Gasteiger partial charge in [0.25, 0.3) is 5.91 Å². The van der Waals surface area contributed by atoms with Crippen LogP contribution in [0.5, 0.6) is 0 Å². The molecule has 106 valence electrons. The summed E-state index contributed by atoms with van der Waals surface area (Å²) in [5, 5.41) is 11.0. The first-order valence-electron chi connectivity index (χ1n) is 5.85. The van der Waals surface area contributed by atoms with Crippen LogP contribution in [0.25, 0.3) is 6.08 Å². The van der Waals surface area contributed by atoms with Gasteiger partial charge in [0.2, 0.25) is 0 Å². The zero-order valence-corrected chi connectivity index (χ0v) is 10.7. The molecule has 7 heteroatoms. The van der Waals surface area contributed by atoms with Crippen LogP contribution in [0.15, 0.2) is 42.6 Å². The Kier molecular flexibility index (Phi) is 4.35. The molecular formula is C14H10FN3O3. The fraction of sp³-hybridized carbons (Fsp3) is 0. The fourth-order valence-electron chi connectivity index (χ4n) is 1.46. The van der Waals surface area contributed by atoms with Crippen molar-refractivity contribution in [3.05, 3.63) is 59.8 Å². The summed E-state index contributed by atoms with van der Waals surface area (Å²) < 4.78 is 12.7. The minimum absolute atomic E-state index is 0.0460. The zero-order valence-electron chi connectivity index (χ0n) is 10.7. The smallest absolute Gasteiger partial charge is 0.328 e. The lowest BCUT2D eigenvalue weighted by Gasteiger charge is -2.04. The van der Waals surface area contributed by atoms with Gasteiger partial charge in [0.15, 0.2) is 0 Å². The van der Waals surface area contributed by atoms with Crippen LogP contribution in [0.1, 0.15) is 16.2 Å². The Labute approximate surface area is 119 Å². The highest BCUT2D eigenvalue weighted by Gasteiger charge is 2.08. The van der Waals surface area contributed by atoms with E-state index in [4.69, 9.17) is 5.11 Å². The minimum atomic E-state index is -1.10. The molecule has 0 aliphatic heterocycles. The maximum atomic E-state index is 12.7. The van der Waals surface area contributed by atoms with E-state index in [1.807, 2.05) is 0 Å². The number of carbonyl (C=O) groups excluding carboxylic acids is 1. The standard InChI is InChI=1S/C14H10FN3O3/c15-9-4-6-11(16-8-9)14(21)18-12-3-1-2-10(17-12)5-7-13(19)20/h1-8H,(H,19,20)(H,17,18,21)/b7-5+. The summed E-state index contributed by atoms with van der Waals surface area (Å²) in [6.07, 6.45) is 3.18. The Balaban J connectivity index is 2.12. The molecule has 2 rings (SSSR count). The van der Waals surface area contributed by atoms with E-state index in [1.54, 1.807) is 18.2 Å². The van der Waals surface area contributed by atoms with Crippen molar-refractivity contribution in [2.75, 3.05) is 5.32 Å². The third kappa shape index (κ3) is 4.20. The lowest BCUT2D eigenvalue weighted by molar-refractivity contribution is -0.131. The summed E-state index contributed by atoms with van der Waals surface area (Å²) in [4.78, 5) is 30.0. The number of rotatable bonds is 4. The SMILES string of the molecule is O=C(O)/C=C/c1cccc(NC(=O)c2ccc(F)cn2)n1. The summed E-state index contributed by atoms with van der Waals surface area (Å²) in [6.45, 7) is 0. The molecule has 0 atom stereocenters. The van der Waals surface area contributed by atoms with Gasteiger partial charge in [-0.1, -0.05) is 6.07 Å². The number of aromatic nitrogens is 2. The number of nitrogens with one attached hydrogen (secondary N) is 1. The van der Waals surface area contributed by atoms with E-state index in [0.29, 0.717) is 5.69 Å². The van der Waals surface area contributed by atoms with Gasteiger partial charge in [0, 0.05) is 6.08 Å². The number of halogens is 1. The van der Waals surface area contributed by atoms with Crippen molar-refractivity contribution in [2.24, 2.45) is 0 Å². The third-order valence-corrected chi connectivity index (χ3v) is 2.37. The van der Waals surface area contributed by atoms with Gasteiger partial charge < -0.3 is 10.4 Å². The van der Waals surface area contributed by atoms with Crippen molar-refractivity contribution >= 4 is 23.8 Å². The predicted molar refractivity (Wildman–Crippen MR) is 73.1 cm³/mol. The second-order valence-corrected chi connectivity index (χ2v) is 3.94. The van der Waals surface area contributed by atoms with Gasteiger partial charge >= 0.3 is 5.97 Å². The number of amides is 1. The second-order valence-electron chi connectivity index (χ2n) is 3.94. The third-order valence-electron chi connectivity index (χ3n) is 2.37. The van der Waals surface area contributed by atoms with Crippen LogP contribution in [0.3, 0.4) is 0 Å². The highest BCUT2D eigenvalue weighted by atomic mass is 19.1. The van der Waals surface area contributed by atoms with Gasteiger partial charge in [0.1, 0.15) is 17.3 Å². The van der Waals surface area contributed by atoms with Crippen LogP contribution in [-0.2, 0) is 4.79 Å². The molecule has 0 fully saturated rings. The quantitative estimate of drug-likeness (QED) is 0.839. The molecule has 0 saturated heterocycles. The first kappa shape index (κ1) is 14.3. The van der Waals surface area contributed by atoms with Gasteiger partial charge in [-0.25, -0.2) is 19.2 Å². The largest absolute Gasteiger partial charge is 0.478 e. The van der Waals surface area contributed by atoms with E-state index in [-0.39, 0.29) is 11.5 Å². The predicted octanol–water partition coefficient (Wildman–Crippen LogP) is 1.97. The zero-order chi connectivity index (χ0) is 15.2. The first-order chi connectivity index (χ1) is 10.0. The lowest BCUT2D eigenvalue weighted by Crippen LogP contribution is -2.14. The molecule has 0 radical (unpaired) electrons. The number of anilines is 1. The van der Waals surface area contributed by atoms with Crippen molar-refractivity contribution in [2.45, 2.75) is 0 Å². The number of carboxylic acid groups (broad SMARTS) is 1. The lowest BCUT2D eigenvalue weighted by atomic mass is 10.3. The summed E-state index contributed by atoms with van der Waals surface area (Å²) in [5.41, 5.74) is 0.423. The summed E-state index contributed by atoms with van der Waals surface area (Å²) in [5.74, 6) is -1.94. The van der Waals surface area contributed by atoms with Crippen molar-refractivity contribution < 1.29 is 19.1 Å². The monoisotopic (exact) mass is 287 g/mol. The molecule has 2 N–H and O–H groups in total. The Bertz CT molecular complexity index is 699. The Hall–Kier alpha value is -3.09. The van der Waals surface area contributed by atoms with Gasteiger partial charge in [-0.3, -0.25) is 4.79 Å². The Morgan fingerprint density at radius 1 is 1.24 bits per heavy atom. The highest BCUT2D eigenvalue weighted by molar-refractivity contribution is 6.02. The topological polar surface area (TPSA) is 92.2 Å². The second kappa shape index (κ2) is 6.38. The van der Waals surface area contributed by atoms with E-state index >= 15 is 0 Å². The van der Waals surface area contributed by atoms with Crippen molar-refractivity contribution in [3.8, 4) is 0 Å². The van der Waals surface area contributed by atoms with Gasteiger partial charge in [-0.05, 0) is 30.3 Å². The average molecular weight is 287 g/mol. The molecule has 0 bridgehead atoms. The molecule has 0 aromatic carbocycles. The Morgan fingerprint density at radius 2 is 2.05 bits per heavy atom. The van der Waals surface area contributed by atoms with Crippen LogP contribution < -0.4 is 5.32 Å². The number of nitrogens with zero attached hydrogens (tertiary/aromatic N) is 2. The molecule has 2 aromatic heterocycles. The number of hydrogen-bond donors (Lipinski definition) is 2. The average Bonchev–Trinajstić information content (AvgIpc) is 2.46. The van der Waals surface area contributed by atoms with Crippen LogP contribution in [-0.4, -0.2) is 27.0 Å². The maximum Gasteiger partial charge on any atom is 0.328 e. The Morgan fingerprint density at radius 3 is 2.71 bits per heavy atom. The van der Waals surface area contributed by atoms with E-state index in [9.17, 15) is 14.0 Å². The molecule has 2 heterocycles. The van der Waals surface area contributed by atoms with Crippen LogP contribution in [0.4, 0.5) is 10.2 Å². The fourth-order valence-corrected chi connectivity index (χ4v) is 1.46. The van der Waals surface area contributed by atoms with Gasteiger partial charge in [-0.2, -0.15) is 0 Å². The molecule has 0 saturated carbocycles. The van der Waals surface area contributed by atoms with E-state index in [1.165, 1.54) is 12.1 Å². The van der Waals surface area contributed by atoms with Crippen molar-refractivity contribution in [3.63, 3.8) is 0 Å². The van der Waals surface area contributed by atoms with E-state index in [0.717, 1.165) is 18.3 Å². The molecule has 0 unspecified atom stereocenters. The normalized spacial score (nSPS) is 10.5. The maximum absolute atomic E-state index is 12.7. The molecule has 1 amide bonds. The van der Waals surface area contributed by atoms with Crippen molar-refractivity contribution in [1.82, 2.24) is 9.97 Å². The van der Waals surface area contributed by atoms with Crippen LogP contribution in [0, 0.1) is 5.82 Å². The van der Waals surface area contributed by atoms with Gasteiger partial charge in [-0.15, -0.1) is 0 Å². The molecule has 0 spiro atoms. The molecule has 2 aromatic rings.